The maximum atomic E-state index is 5.88. The van der Waals surface area contributed by atoms with Gasteiger partial charge in [0.05, 0.1) is 11.7 Å². The molecule has 1 N–H and O–H groups in total. The van der Waals surface area contributed by atoms with Crippen LogP contribution in [0.2, 0.25) is 0 Å². The summed E-state index contributed by atoms with van der Waals surface area (Å²) in [6.07, 6.45) is 2.86. The molecular weight excluding hydrogens is 292 g/mol. The van der Waals surface area contributed by atoms with E-state index in [2.05, 4.69) is 45.6 Å². The van der Waals surface area contributed by atoms with Crippen LogP contribution in [0, 0.1) is 0 Å². The lowest BCUT2D eigenvalue weighted by molar-refractivity contribution is 0.306. The van der Waals surface area contributed by atoms with Gasteiger partial charge in [-0.15, -0.1) is 0 Å². The summed E-state index contributed by atoms with van der Waals surface area (Å²) in [6.45, 7) is 1.23. The average molecular weight is 308 g/mol. The van der Waals surface area contributed by atoms with Crippen molar-refractivity contribution in [2.45, 2.75) is 13.0 Å². The molecule has 110 valence electrons. The van der Waals surface area contributed by atoms with Gasteiger partial charge in [-0.3, -0.25) is 0 Å². The van der Waals surface area contributed by atoms with Crippen LogP contribution in [0.25, 0.3) is 10.9 Å². The highest BCUT2D eigenvalue weighted by Gasteiger charge is 2.05. The third-order valence-electron chi connectivity index (χ3n) is 3.54. The van der Waals surface area contributed by atoms with Crippen LogP contribution in [0.3, 0.4) is 0 Å². The molecule has 0 aliphatic carbocycles. The number of aromatic amines is 1. The van der Waals surface area contributed by atoms with Crippen molar-refractivity contribution in [1.82, 2.24) is 4.98 Å². The number of benzene rings is 2. The highest BCUT2D eigenvalue weighted by Crippen LogP contribution is 2.24. The highest BCUT2D eigenvalue weighted by molar-refractivity contribution is 7.78. The highest BCUT2D eigenvalue weighted by atomic mass is 32.1. The van der Waals surface area contributed by atoms with Crippen LogP contribution >= 0.6 is 12.2 Å². The Labute approximate surface area is 134 Å². The number of rotatable bonds is 6. The van der Waals surface area contributed by atoms with Crippen molar-refractivity contribution in [3.8, 4) is 5.75 Å². The van der Waals surface area contributed by atoms with Crippen molar-refractivity contribution in [3.05, 3.63) is 65.9 Å². The Hall–Kier alpha value is -2.42. The number of isothiocyanates is 1. The number of aliphatic imine (C=N–C) groups is 1. The number of hydrogen-bond donors (Lipinski definition) is 1. The van der Waals surface area contributed by atoms with Crippen LogP contribution in [-0.2, 0) is 13.0 Å². The molecule has 0 fully saturated rings. The molecule has 3 rings (SSSR count). The minimum absolute atomic E-state index is 0.571. The van der Waals surface area contributed by atoms with Crippen LogP contribution in [-0.4, -0.2) is 16.7 Å². The maximum Gasteiger partial charge on any atom is 0.120 e. The topological polar surface area (TPSA) is 37.4 Å². The molecule has 4 heteroatoms. The zero-order valence-corrected chi connectivity index (χ0v) is 12.9. The lowest BCUT2D eigenvalue weighted by atomic mass is 10.1. The first-order valence-electron chi connectivity index (χ1n) is 7.17. The Morgan fingerprint density at radius 3 is 2.82 bits per heavy atom. The predicted molar refractivity (Wildman–Crippen MR) is 92.7 cm³/mol. The van der Waals surface area contributed by atoms with E-state index in [0.717, 1.165) is 23.3 Å². The van der Waals surface area contributed by atoms with Gasteiger partial charge < -0.3 is 9.72 Å². The van der Waals surface area contributed by atoms with Crippen LogP contribution < -0.4 is 4.74 Å². The van der Waals surface area contributed by atoms with E-state index >= 15 is 0 Å². The Kier molecular flexibility index (Phi) is 4.64. The normalized spacial score (nSPS) is 10.4. The molecule has 0 radical (unpaired) electrons. The van der Waals surface area contributed by atoms with Crippen molar-refractivity contribution < 1.29 is 4.74 Å². The van der Waals surface area contributed by atoms with E-state index in [1.807, 2.05) is 36.5 Å². The number of H-pyrrole nitrogens is 1. The number of nitrogens with zero attached hydrogens (tertiary/aromatic N) is 1. The van der Waals surface area contributed by atoms with E-state index in [0.29, 0.717) is 13.2 Å². The molecule has 3 nitrogen and oxygen atoms in total. The predicted octanol–water partition coefficient (Wildman–Crippen LogP) is 4.39. The second-order valence-electron chi connectivity index (χ2n) is 5.02. The molecule has 0 bridgehead atoms. The van der Waals surface area contributed by atoms with Gasteiger partial charge >= 0.3 is 0 Å². The molecule has 0 spiro atoms. The number of hydrogen-bond acceptors (Lipinski definition) is 3. The van der Waals surface area contributed by atoms with Gasteiger partial charge in [-0.1, -0.05) is 30.3 Å². The molecule has 0 aliphatic heterocycles. The third kappa shape index (κ3) is 3.42. The first-order valence-corrected chi connectivity index (χ1v) is 7.58. The number of nitrogens with one attached hydrogen (secondary N) is 1. The smallest absolute Gasteiger partial charge is 0.120 e. The minimum atomic E-state index is 0.571. The second-order valence-corrected chi connectivity index (χ2v) is 5.20. The van der Waals surface area contributed by atoms with E-state index in [4.69, 9.17) is 4.74 Å². The molecule has 1 heterocycles. The summed E-state index contributed by atoms with van der Waals surface area (Å²) >= 11 is 4.60. The van der Waals surface area contributed by atoms with Crippen LogP contribution in [0.15, 0.2) is 59.7 Å². The molecule has 0 atom stereocenters. The van der Waals surface area contributed by atoms with Gasteiger partial charge in [0.2, 0.25) is 0 Å². The van der Waals surface area contributed by atoms with Crippen molar-refractivity contribution in [2.75, 3.05) is 6.54 Å². The van der Waals surface area contributed by atoms with Gasteiger partial charge in [0.15, 0.2) is 0 Å². The molecule has 0 amide bonds. The van der Waals surface area contributed by atoms with Crippen molar-refractivity contribution >= 4 is 28.3 Å². The largest absolute Gasteiger partial charge is 0.489 e. The van der Waals surface area contributed by atoms with Crippen molar-refractivity contribution in [3.63, 3.8) is 0 Å². The number of thiocarbonyl (C=S) groups is 1. The van der Waals surface area contributed by atoms with E-state index in [-0.39, 0.29) is 0 Å². The summed E-state index contributed by atoms with van der Waals surface area (Å²) in [6, 6.07) is 16.3. The molecule has 2 aromatic carbocycles. The fraction of sp³-hybridized carbons (Fsp3) is 0.167. The van der Waals surface area contributed by atoms with Crippen molar-refractivity contribution in [2.24, 2.45) is 4.99 Å². The van der Waals surface area contributed by atoms with Gasteiger partial charge in [-0.05, 0) is 48.0 Å². The number of ether oxygens (including phenoxy) is 1. The summed E-state index contributed by atoms with van der Waals surface area (Å²) in [5, 5.41) is 3.57. The Bertz CT molecular complexity index is 804. The summed E-state index contributed by atoms with van der Waals surface area (Å²) in [7, 11) is 0. The third-order valence-corrected chi connectivity index (χ3v) is 3.67. The summed E-state index contributed by atoms with van der Waals surface area (Å²) in [5.74, 6) is 0.871. The zero-order valence-electron chi connectivity index (χ0n) is 12.1. The SMILES string of the molecule is S=C=NCCc1c[nH]c2ccc(OCc3ccccc3)cc12. The standard InChI is InChI=1S/C18H16N2OS/c22-13-19-9-8-15-11-20-18-7-6-16(10-17(15)18)21-12-14-4-2-1-3-5-14/h1-7,10-11,20H,8-9,12H2. The molecule has 22 heavy (non-hydrogen) atoms. The first kappa shape index (κ1) is 14.5. The minimum Gasteiger partial charge on any atom is -0.489 e. The Balaban J connectivity index is 1.76. The Morgan fingerprint density at radius 1 is 1.14 bits per heavy atom. The van der Waals surface area contributed by atoms with Crippen LogP contribution in [0.1, 0.15) is 11.1 Å². The quantitative estimate of drug-likeness (QED) is 0.541. The van der Waals surface area contributed by atoms with Gasteiger partial charge in [0.1, 0.15) is 12.4 Å². The summed E-state index contributed by atoms with van der Waals surface area (Å²) < 4.78 is 5.88. The average Bonchev–Trinajstić information content (AvgIpc) is 2.97. The van der Waals surface area contributed by atoms with E-state index in [1.54, 1.807) is 0 Å². The second kappa shape index (κ2) is 7.03. The zero-order chi connectivity index (χ0) is 15.2. The molecule has 0 aliphatic rings. The van der Waals surface area contributed by atoms with Crippen LogP contribution in [0.5, 0.6) is 5.75 Å². The lowest BCUT2D eigenvalue weighted by Crippen LogP contribution is -1.95. The maximum absolute atomic E-state index is 5.88. The molecule has 0 saturated carbocycles. The number of fused-ring (bicyclic) bond motifs is 1. The molecule has 1 aromatic heterocycles. The Morgan fingerprint density at radius 2 is 2.00 bits per heavy atom. The van der Waals surface area contributed by atoms with Gasteiger partial charge in [-0.2, -0.15) is 0 Å². The van der Waals surface area contributed by atoms with Gasteiger partial charge in [-0.25, -0.2) is 4.99 Å². The monoisotopic (exact) mass is 308 g/mol. The molecule has 3 aromatic rings. The molecule has 0 unspecified atom stereocenters. The lowest BCUT2D eigenvalue weighted by Gasteiger charge is -2.07. The fourth-order valence-corrected chi connectivity index (χ4v) is 2.51. The molecular formula is C18H16N2OS. The molecule has 0 saturated heterocycles. The summed E-state index contributed by atoms with van der Waals surface area (Å²) in [5.41, 5.74) is 3.48. The van der Waals surface area contributed by atoms with Gasteiger partial charge in [0.25, 0.3) is 0 Å². The van der Waals surface area contributed by atoms with Crippen LogP contribution in [0.4, 0.5) is 0 Å². The fourth-order valence-electron chi connectivity index (χ4n) is 2.42. The number of aromatic nitrogens is 1. The van der Waals surface area contributed by atoms with Crippen molar-refractivity contribution in [1.29, 1.82) is 0 Å². The van der Waals surface area contributed by atoms with E-state index < -0.39 is 0 Å². The van der Waals surface area contributed by atoms with E-state index in [9.17, 15) is 0 Å². The first-order chi connectivity index (χ1) is 10.9. The summed E-state index contributed by atoms with van der Waals surface area (Å²) in [4.78, 5) is 7.24. The van der Waals surface area contributed by atoms with Gasteiger partial charge in [0, 0.05) is 17.1 Å². The van der Waals surface area contributed by atoms with E-state index in [1.165, 1.54) is 10.9 Å².